The zero-order chi connectivity index (χ0) is 30.9. The average molecular weight is 655 g/mol. The van der Waals surface area contributed by atoms with Crippen LogP contribution in [0.15, 0.2) is 71.6 Å². The number of hydrogen-bond donors (Lipinski definition) is 1. The third-order valence-electron chi connectivity index (χ3n) is 6.57. The maximum Gasteiger partial charge on any atom is 0.264 e. The Morgan fingerprint density at radius 3 is 2.26 bits per heavy atom. The number of sulfonamides is 1. The van der Waals surface area contributed by atoms with Crippen LogP contribution < -0.4 is 14.4 Å². The van der Waals surface area contributed by atoms with Gasteiger partial charge in [0.2, 0.25) is 11.8 Å². The van der Waals surface area contributed by atoms with Gasteiger partial charge < -0.3 is 15.0 Å². The van der Waals surface area contributed by atoms with Crippen molar-refractivity contribution in [2.24, 2.45) is 0 Å². The van der Waals surface area contributed by atoms with Crippen LogP contribution in [0.2, 0.25) is 15.1 Å². The van der Waals surface area contributed by atoms with Gasteiger partial charge in [-0.2, -0.15) is 0 Å². The van der Waals surface area contributed by atoms with Crippen molar-refractivity contribution in [3.8, 4) is 5.75 Å². The van der Waals surface area contributed by atoms with E-state index in [1.54, 1.807) is 43.3 Å². The largest absolute Gasteiger partial charge is 0.497 e. The molecule has 0 aromatic heterocycles. The van der Waals surface area contributed by atoms with Gasteiger partial charge in [0, 0.05) is 18.1 Å². The molecule has 3 aromatic rings. The lowest BCUT2D eigenvalue weighted by atomic mass is 10.1. The summed E-state index contributed by atoms with van der Waals surface area (Å²) in [6, 6.07) is 16.1. The summed E-state index contributed by atoms with van der Waals surface area (Å²) in [5.74, 6) is -0.436. The predicted octanol–water partition coefficient (Wildman–Crippen LogP) is 6.57. The van der Waals surface area contributed by atoms with Crippen LogP contribution in [0.1, 0.15) is 38.7 Å². The summed E-state index contributed by atoms with van der Waals surface area (Å²) >= 11 is 18.6. The number of carbonyl (C=O) groups excluding carboxylic acids is 2. The van der Waals surface area contributed by atoms with E-state index in [1.165, 1.54) is 42.3 Å². The number of halogens is 3. The first-order chi connectivity index (χ1) is 20.0. The molecular weight excluding hydrogens is 621 g/mol. The lowest BCUT2D eigenvalue weighted by Crippen LogP contribution is -2.52. The van der Waals surface area contributed by atoms with Crippen LogP contribution in [0.5, 0.6) is 5.75 Å². The van der Waals surface area contributed by atoms with Gasteiger partial charge >= 0.3 is 0 Å². The van der Waals surface area contributed by atoms with Crippen molar-refractivity contribution in [1.29, 1.82) is 0 Å². The second-order valence-corrected chi connectivity index (χ2v) is 12.6. The number of hydrogen-bond acceptors (Lipinski definition) is 5. The maximum absolute atomic E-state index is 14.1. The highest BCUT2D eigenvalue weighted by molar-refractivity contribution is 7.92. The van der Waals surface area contributed by atoms with Crippen LogP contribution in [-0.2, 0) is 26.2 Å². The standard InChI is InChI=1S/C30H34Cl3N3O5S/c1-4-6-16-34-30(38)28(5-2)35(19-21-10-15-26(32)27(33)17-21)29(37)20-36(23-9-7-8-22(31)18-23)42(39,40)25-13-11-24(41-3)12-14-25/h7-15,17-18,28H,4-6,16,19-20H2,1-3H3,(H,34,38)/t28-/m1/s1. The van der Waals surface area contributed by atoms with Crippen molar-refractivity contribution in [2.45, 2.75) is 50.6 Å². The van der Waals surface area contributed by atoms with Crippen molar-refractivity contribution in [3.63, 3.8) is 0 Å². The van der Waals surface area contributed by atoms with Crippen molar-refractivity contribution in [2.75, 3.05) is 24.5 Å². The summed E-state index contributed by atoms with van der Waals surface area (Å²) in [5.41, 5.74) is 0.825. The number of anilines is 1. The van der Waals surface area contributed by atoms with Gasteiger partial charge in [-0.3, -0.25) is 13.9 Å². The maximum atomic E-state index is 14.1. The van der Waals surface area contributed by atoms with E-state index >= 15 is 0 Å². The number of ether oxygens (including phenoxy) is 1. The topological polar surface area (TPSA) is 96.0 Å². The van der Waals surface area contributed by atoms with Gasteiger partial charge in [0.05, 0.1) is 27.7 Å². The zero-order valence-electron chi connectivity index (χ0n) is 23.6. The minimum absolute atomic E-state index is 0.00138. The summed E-state index contributed by atoms with van der Waals surface area (Å²) in [5, 5.41) is 3.83. The Morgan fingerprint density at radius 1 is 0.952 bits per heavy atom. The van der Waals surface area contributed by atoms with Gasteiger partial charge in [-0.25, -0.2) is 8.42 Å². The molecule has 12 heteroatoms. The number of rotatable bonds is 14. The smallest absolute Gasteiger partial charge is 0.264 e. The van der Waals surface area contributed by atoms with Gasteiger partial charge in [0.25, 0.3) is 10.0 Å². The van der Waals surface area contributed by atoms with Crippen LogP contribution in [0.3, 0.4) is 0 Å². The summed E-state index contributed by atoms with van der Waals surface area (Å²) < 4.78 is 34.1. The number of carbonyl (C=O) groups is 2. The minimum Gasteiger partial charge on any atom is -0.497 e. The highest BCUT2D eigenvalue weighted by Crippen LogP contribution is 2.29. The number of unbranched alkanes of at least 4 members (excludes halogenated alkanes) is 1. The molecule has 8 nitrogen and oxygen atoms in total. The molecule has 2 amide bonds. The quantitative estimate of drug-likeness (QED) is 0.198. The van der Waals surface area contributed by atoms with Gasteiger partial charge in [-0.1, -0.05) is 67.2 Å². The molecule has 0 bridgehead atoms. The first kappa shape index (κ1) is 33.5. The van der Waals surface area contributed by atoms with Gasteiger partial charge in [-0.15, -0.1) is 0 Å². The second kappa shape index (κ2) is 15.5. The molecule has 1 N–H and O–H groups in total. The number of nitrogens with one attached hydrogen (secondary N) is 1. The molecule has 0 unspecified atom stereocenters. The van der Waals surface area contributed by atoms with Gasteiger partial charge in [-0.05, 0) is 73.0 Å². The third kappa shape index (κ3) is 8.53. The van der Waals surface area contributed by atoms with Crippen molar-refractivity contribution >= 4 is 62.3 Å². The highest BCUT2D eigenvalue weighted by atomic mass is 35.5. The first-order valence-electron chi connectivity index (χ1n) is 13.4. The molecule has 0 spiro atoms. The molecule has 0 saturated heterocycles. The molecule has 0 aliphatic carbocycles. The molecular formula is C30H34Cl3N3O5S. The van der Waals surface area contributed by atoms with Crippen molar-refractivity contribution < 1.29 is 22.7 Å². The summed E-state index contributed by atoms with van der Waals surface area (Å²) in [6.45, 7) is 3.68. The summed E-state index contributed by atoms with van der Waals surface area (Å²) in [6.07, 6.45) is 1.97. The van der Waals surface area contributed by atoms with E-state index in [2.05, 4.69) is 5.32 Å². The molecule has 3 aromatic carbocycles. The Morgan fingerprint density at radius 2 is 1.67 bits per heavy atom. The molecule has 0 saturated carbocycles. The molecule has 0 fully saturated rings. The van der Waals surface area contributed by atoms with E-state index in [0.717, 1.165) is 17.1 Å². The van der Waals surface area contributed by atoms with E-state index in [-0.39, 0.29) is 23.0 Å². The number of benzene rings is 3. The Balaban J connectivity index is 2.05. The minimum atomic E-state index is -4.25. The van der Waals surface area contributed by atoms with Gasteiger partial charge in [0.15, 0.2) is 0 Å². The van der Waals surface area contributed by atoms with E-state index < -0.39 is 28.5 Å². The van der Waals surface area contributed by atoms with Crippen LogP contribution in [0.4, 0.5) is 5.69 Å². The number of methoxy groups -OCH3 is 1. The van der Waals surface area contributed by atoms with E-state index in [4.69, 9.17) is 39.5 Å². The Hall–Kier alpha value is -2.98. The van der Waals surface area contributed by atoms with E-state index in [0.29, 0.717) is 39.3 Å². The SMILES string of the molecule is CCCCNC(=O)[C@@H](CC)N(Cc1ccc(Cl)c(Cl)c1)C(=O)CN(c1cccc(Cl)c1)S(=O)(=O)c1ccc(OC)cc1. The number of nitrogens with zero attached hydrogens (tertiary/aromatic N) is 2. The van der Waals surface area contributed by atoms with Crippen LogP contribution >= 0.6 is 34.8 Å². The fourth-order valence-corrected chi connectivity index (χ4v) is 6.21. The van der Waals surface area contributed by atoms with Crippen molar-refractivity contribution in [3.05, 3.63) is 87.4 Å². The van der Waals surface area contributed by atoms with Crippen molar-refractivity contribution in [1.82, 2.24) is 10.2 Å². The molecule has 226 valence electrons. The molecule has 3 rings (SSSR count). The third-order valence-corrected chi connectivity index (χ3v) is 9.34. The summed E-state index contributed by atoms with van der Waals surface area (Å²) in [4.78, 5) is 28.7. The van der Waals surface area contributed by atoms with Crippen LogP contribution in [0.25, 0.3) is 0 Å². The first-order valence-corrected chi connectivity index (χ1v) is 16.0. The molecule has 0 heterocycles. The Bertz CT molecular complexity index is 1490. The molecule has 0 aliphatic heterocycles. The Labute approximate surface area is 262 Å². The lowest BCUT2D eigenvalue weighted by molar-refractivity contribution is -0.140. The monoisotopic (exact) mass is 653 g/mol. The summed E-state index contributed by atoms with van der Waals surface area (Å²) in [7, 11) is -2.77. The Kier molecular flexibility index (Phi) is 12.4. The van der Waals surface area contributed by atoms with E-state index in [9.17, 15) is 18.0 Å². The van der Waals surface area contributed by atoms with Crippen LogP contribution in [-0.4, -0.2) is 51.4 Å². The molecule has 1 atom stereocenters. The normalized spacial score (nSPS) is 12.0. The fourth-order valence-electron chi connectivity index (χ4n) is 4.30. The van der Waals surface area contributed by atoms with Crippen LogP contribution in [0, 0.1) is 0 Å². The average Bonchev–Trinajstić information content (AvgIpc) is 2.97. The number of amides is 2. The highest BCUT2D eigenvalue weighted by Gasteiger charge is 2.33. The molecule has 0 aliphatic rings. The molecule has 0 radical (unpaired) electrons. The second-order valence-electron chi connectivity index (χ2n) is 9.51. The predicted molar refractivity (Wildman–Crippen MR) is 168 cm³/mol. The fraction of sp³-hybridized carbons (Fsp3) is 0.333. The van der Waals surface area contributed by atoms with E-state index in [1.807, 2.05) is 6.92 Å². The zero-order valence-corrected chi connectivity index (χ0v) is 26.7. The lowest BCUT2D eigenvalue weighted by Gasteiger charge is -2.33. The van der Waals surface area contributed by atoms with Gasteiger partial charge in [0.1, 0.15) is 18.3 Å². The molecule has 42 heavy (non-hydrogen) atoms.